The molecule has 1 aromatic rings. The summed E-state index contributed by atoms with van der Waals surface area (Å²) in [6, 6.07) is 3.72. The summed E-state index contributed by atoms with van der Waals surface area (Å²) < 4.78 is 4.93. The first-order chi connectivity index (χ1) is 7.45. The topological polar surface area (TPSA) is 64.3 Å². The number of benzene rings is 1. The van der Waals surface area contributed by atoms with E-state index in [-0.39, 0.29) is 5.91 Å². The van der Waals surface area contributed by atoms with E-state index in [1.807, 2.05) is 19.9 Å². The average Bonchev–Trinajstić information content (AvgIpc) is 2.24. The maximum atomic E-state index is 11.6. The van der Waals surface area contributed by atoms with Gasteiger partial charge in [-0.3, -0.25) is 4.79 Å². The van der Waals surface area contributed by atoms with Gasteiger partial charge in [0.15, 0.2) is 0 Å². The molecule has 1 rings (SSSR count). The highest BCUT2D eigenvalue weighted by Gasteiger charge is 2.13. The van der Waals surface area contributed by atoms with E-state index in [0.29, 0.717) is 5.69 Å². The number of methoxy groups -OCH3 is 1. The summed E-state index contributed by atoms with van der Waals surface area (Å²) in [4.78, 5) is 11.6. The third kappa shape index (κ3) is 2.73. The smallest absolute Gasteiger partial charge is 0.253 e. The van der Waals surface area contributed by atoms with Crippen LogP contribution in [0.15, 0.2) is 12.1 Å². The first kappa shape index (κ1) is 12.5. The van der Waals surface area contributed by atoms with E-state index < -0.39 is 6.10 Å². The predicted octanol–water partition coefficient (Wildman–Crippen LogP) is 1.86. The van der Waals surface area contributed by atoms with Crippen molar-refractivity contribution in [2.75, 3.05) is 18.2 Å². The maximum Gasteiger partial charge on any atom is 0.253 e. The van der Waals surface area contributed by atoms with Gasteiger partial charge in [0.25, 0.3) is 5.91 Å². The molecular weight excluding hydrogens is 204 g/mol. The summed E-state index contributed by atoms with van der Waals surface area (Å²) in [6.45, 7) is 5.56. The molecule has 0 aromatic heterocycles. The Bertz CT molecular complexity index is 402. The molecule has 0 saturated heterocycles. The normalized spacial score (nSPS) is 12.2. The van der Waals surface area contributed by atoms with Crippen LogP contribution in [-0.4, -0.2) is 19.1 Å². The molecule has 1 unspecified atom stereocenters. The van der Waals surface area contributed by atoms with Crippen molar-refractivity contribution in [1.82, 2.24) is 0 Å². The molecule has 3 N–H and O–H groups in total. The number of carbonyl (C=O) groups excluding carboxylic acids is 1. The van der Waals surface area contributed by atoms with E-state index >= 15 is 0 Å². The highest BCUT2D eigenvalue weighted by atomic mass is 16.5. The summed E-state index contributed by atoms with van der Waals surface area (Å²) in [5.41, 5.74) is 9.20. The van der Waals surface area contributed by atoms with Gasteiger partial charge >= 0.3 is 0 Å². The Morgan fingerprint density at radius 3 is 2.56 bits per heavy atom. The minimum Gasteiger partial charge on any atom is -0.398 e. The van der Waals surface area contributed by atoms with Gasteiger partial charge in [-0.1, -0.05) is 6.07 Å². The minimum atomic E-state index is -0.470. The molecule has 0 fully saturated rings. The number of amides is 1. The van der Waals surface area contributed by atoms with Gasteiger partial charge in [0.1, 0.15) is 6.10 Å². The molecule has 4 heteroatoms. The van der Waals surface area contributed by atoms with Gasteiger partial charge in [-0.25, -0.2) is 0 Å². The second-order valence-electron chi connectivity index (χ2n) is 3.89. The number of nitrogens with two attached hydrogens (primary N) is 1. The van der Waals surface area contributed by atoms with E-state index in [1.54, 1.807) is 13.0 Å². The zero-order chi connectivity index (χ0) is 12.3. The number of nitrogens with one attached hydrogen (secondary N) is 1. The van der Waals surface area contributed by atoms with Crippen LogP contribution in [-0.2, 0) is 9.53 Å². The number of carbonyl (C=O) groups is 1. The zero-order valence-corrected chi connectivity index (χ0v) is 10.1. The molecule has 0 heterocycles. The van der Waals surface area contributed by atoms with Crippen LogP contribution in [0.3, 0.4) is 0 Å². The Morgan fingerprint density at radius 1 is 1.38 bits per heavy atom. The molecule has 0 aliphatic carbocycles. The standard InChI is InChI=1S/C12H18N2O2/c1-7-5-8(2)11(6-10(7)13)14-12(15)9(3)16-4/h5-6,9H,13H2,1-4H3,(H,14,15). The van der Waals surface area contributed by atoms with Crippen LogP contribution in [0.2, 0.25) is 0 Å². The first-order valence-corrected chi connectivity index (χ1v) is 5.16. The lowest BCUT2D eigenvalue weighted by Gasteiger charge is -2.14. The Morgan fingerprint density at radius 2 is 2.00 bits per heavy atom. The van der Waals surface area contributed by atoms with E-state index in [0.717, 1.165) is 16.8 Å². The molecule has 0 aliphatic heterocycles. The second kappa shape index (κ2) is 4.99. The third-order valence-electron chi connectivity index (χ3n) is 2.59. The van der Waals surface area contributed by atoms with Gasteiger partial charge in [-0.05, 0) is 38.0 Å². The minimum absolute atomic E-state index is 0.172. The van der Waals surface area contributed by atoms with Gasteiger partial charge in [-0.15, -0.1) is 0 Å². The van der Waals surface area contributed by atoms with Crippen molar-refractivity contribution in [1.29, 1.82) is 0 Å². The molecule has 0 radical (unpaired) electrons. The highest BCUT2D eigenvalue weighted by Crippen LogP contribution is 2.22. The largest absolute Gasteiger partial charge is 0.398 e. The van der Waals surface area contributed by atoms with Crippen LogP contribution in [0.1, 0.15) is 18.1 Å². The van der Waals surface area contributed by atoms with Gasteiger partial charge in [0, 0.05) is 18.5 Å². The highest BCUT2D eigenvalue weighted by molar-refractivity contribution is 5.95. The summed E-state index contributed by atoms with van der Waals surface area (Å²) >= 11 is 0. The molecule has 0 saturated carbocycles. The number of anilines is 2. The molecule has 0 bridgehead atoms. The molecule has 1 amide bonds. The van der Waals surface area contributed by atoms with Crippen molar-refractivity contribution in [3.05, 3.63) is 23.3 Å². The van der Waals surface area contributed by atoms with Gasteiger partial charge < -0.3 is 15.8 Å². The number of hydrogen-bond donors (Lipinski definition) is 2. The van der Waals surface area contributed by atoms with Crippen molar-refractivity contribution < 1.29 is 9.53 Å². The van der Waals surface area contributed by atoms with E-state index in [9.17, 15) is 4.79 Å². The first-order valence-electron chi connectivity index (χ1n) is 5.16. The van der Waals surface area contributed by atoms with Crippen LogP contribution in [0.4, 0.5) is 11.4 Å². The molecule has 88 valence electrons. The Kier molecular flexibility index (Phi) is 3.90. The molecule has 1 atom stereocenters. The Hall–Kier alpha value is -1.55. The van der Waals surface area contributed by atoms with Crippen LogP contribution in [0.5, 0.6) is 0 Å². The number of rotatable bonds is 3. The quantitative estimate of drug-likeness (QED) is 0.767. The fraction of sp³-hybridized carbons (Fsp3) is 0.417. The van der Waals surface area contributed by atoms with Crippen molar-refractivity contribution in [2.24, 2.45) is 0 Å². The molecule has 1 aromatic carbocycles. The summed E-state index contributed by atoms with van der Waals surface area (Å²) in [7, 11) is 1.50. The van der Waals surface area contributed by atoms with Crippen LogP contribution < -0.4 is 11.1 Å². The fourth-order valence-corrected chi connectivity index (χ4v) is 1.35. The molecule has 16 heavy (non-hydrogen) atoms. The van der Waals surface area contributed by atoms with Gasteiger partial charge in [0.05, 0.1) is 0 Å². The number of nitrogen functional groups attached to an aromatic ring is 1. The van der Waals surface area contributed by atoms with E-state index in [1.165, 1.54) is 7.11 Å². The van der Waals surface area contributed by atoms with Crippen molar-refractivity contribution >= 4 is 17.3 Å². The van der Waals surface area contributed by atoms with Crippen LogP contribution >= 0.6 is 0 Å². The zero-order valence-electron chi connectivity index (χ0n) is 10.1. The lowest BCUT2D eigenvalue weighted by Crippen LogP contribution is -2.26. The predicted molar refractivity (Wildman–Crippen MR) is 65.4 cm³/mol. The lowest BCUT2D eigenvalue weighted by molar-refractivity contribution is -0.124. The Balaban J connectivity index is 2.90. The second-order valence-corrected chi connectivity index (χ2v) is 3.89. The van der Waals surface area contributed by atoms with Crippen LogP contribution in [0, 0.1) is 13.8 Å². The number of hydrogen-bond acceptors (Lipinski definition) is 3. The SMILES string of the molecule is COC(C)C(=O)Nc1cc(N)c(C)cc1C. The maximum absolute atomic E-state index is 11.6. The monoisotopic (exact) mass is 222 g/mol. The fourth-order valence-electron chi connectivity index (χ4n) is 1.35. The van der Waals surface area contributed by atoms with E-state index in [2.05, 4.69) is 5.32 Å². The van der Waals surface area contributed by atoms with Gasteiger partial charge in [-0.2, -0.15) is 0 Å². The summed E-state index contributed by atoms with van der Waals surface area (Å²) in [6.07, 6.45) is -0.470. The van der Waals surface area contributed by atoms with Gasteiger partial charge in [0.2, 0.25) is 0 Å². The third-order valence-corrected chi connectivity index (χ3v) is 2.59. The van der Waals surface area contributed by atoms with Crippen molar-refractivity contribution in [3.63, 3.8) is 0 Å². The molecular formula is C12H18N2O2. The lowest BCUT2D eigenvalue weighted by atomic mass is 10.1. The van der Waals surface area contributed by atoms with Crippen molar-refractivity contribution in [2.45, 2.75) is 26.9 Å². The summed E-state index contributed by atoms with van der Waals surface area (Å²) in [5.74, 6) is -0.172. The average molecular weight is 222 g/mol. The molecule has 4 nitrogen and oxygen atoms in total. The number of aryl methyl sites for hydroxylation is 2. The Labute approximate surface area is 95.8 Å². The molecule has 0 aliphatic rings. The number of ether oxygens (including phenoxy) is 1. The van der Waals surface area contributed by atoms with E-state index in [4.69, 9.17) is 10.5 Å². The van der Waals surface area contributed by atoms with Crippen LogP contribution in [0.25, 0.3) is 0 Å². The molecule has 0 spiro atoms. The summed E-state index contributed by atoms with van der Waals surface area (Å²) in [5, 5.41) is 2.78. The van der Waals surface area contributed by atoms with Crippen molar-refractivity contribution in [3.8, 4) is 0 Å².